The first-order chi connectivity index (χ1) is 9.31. The van der Waals surface area contributed by atoms with E-state index in [0.29, 0.717) is 11.2 Å². The van der Waals surface area contributed by atoms with Gasteiger partial charge in [0.2, 0.25) is 0 Å². The monoisotopic (exact) mass is 249 g/mol. The Hall–Kier alpha value is -2.54. The topological polar surface area (TPSA) is 61.1 Å². The molecule has 0 saturated carbocycles. The lowest BCUT2D eigenvalue weighted by Crippen LogP contribution is -2.19. The number of aromatic amines is 1. The lowest BCUT2D eigenvalue weighted by atomic mass is 10.1. The van der Waals surface area contributed by atoms with Crippen LogP contribution >= 0.6 is 0 Å². The zero-order chi connectivity index (χ0) is 13.0. The van der Waals surface area contributed by atoms with Crippen molar-refractivity contribution in [3.05, 3.63) is 51.3 Å². The predicted octanol–water partition coefficient (Wildman–Crippen LogP) is 2.14. The van der Waals surface area contributed by atoms with E-state index in [4.69, 9.17) is 0 Å². The molecule has 1 aliphatic rings. The molecule has 0 amide bonds. The molecule has 3 aromatic rings. The summed E-state index contributed by atoms with van der Waals surface area (Å²) in [7, 11) is 0. The maximum Gasteiger partial charge on any atom is 0.260 e. The number of nitriles is 1. The van der Waals surface area contributed by atoms with Crippen LogP contribution in [0.3, 0.4) is 0 Å². The number of pyridine rings is 1. The van der Waals surface area contributed by atoms with E-state index < -0.39 is 0 Å². The molecule has 4 rings (SSSR count). The normalized spacial score (nSPS) is 13.8. The minimum atomic E-state index is 0.0268. The molecule has 0 saturated heterocycles. The molecule has 0 fully saturated rings. The van der Waals surface area contributed by atoms with Crippen molar-refractivity contribution in [3.63, 3.8) is 0 Å². The van der Waals surface area contributed by atoms with Gasteiger partial charge < -0.3 is 4.98 Å². The number of rotatable bonds is 0. The van der Waals surface area contributed by atoms with E-state index >= 15 is 0 Å². The van der Waals surface area contributed by atoms with Gasteiger partial charge in [-0.1, -0.05) is 12.1 Å². The summed E-state index contributed by atoms with van der Waals surface area (Å²) in [4.78, 5) is 15.8. The molecular weight excluding hydrogens is 238 g/mol. The van der Waals surface area contributed by atoms with Gasteiger partial charge in [-0.15, -0.1) is 0 Å². The first-order valence-corrected chi connectivity index (χ1v) is 6.38. The number of H-pyrrole nitrogens is 1. The first kappa shape index (κ1) is 10.4. The van der Waals surface area contributed by atoms with E-state index in [1.165, 1.54) is 0 Å². The number of imidazole rings is 1. The first-order valence-electron chi connectivity index (χ1n) is 6.38. The SMILES string of the molecule is N#Cc1c2c(c(=O)n3c1[nH]c1ccccc13)CCC2. The van der Waals surface area contributed by atoms with Crippen molar-refractivity contribution < 1.29 is 0 Å². The minimum Gasteiger partial charge on any atom is -0.338 e. The zero-order valence-corrected chi connectivity index (χ0v) is 10.2. The number of hydrogen-bond acceptors (Lipinski definition) is 2. The van der Waals surface area contributed by atoms with Crippen molar-refractivity contribution in [2.24, 2.45) is 0 Å². The predicted molar refractivity (Wildman–Crippen MR) is 72.3 cm³/mol. The number of para-hydroxylation sites is 2. The second-order valence-electron chi connectivity index (χ2n) is 4.93. The highest BCUT2D eigenvalue weighted by Gasteiger charge is 2.23. The van der Waals surface area contributed by atoms with Gasteiger partial charge in [0, 0.05) is 5.56 Å². The molecule has 92 valence electrons. The van der Waals surface area contributed by atoms with Crippen molar-refractivity contribution in [3.8, 4) is 6.07 Å². The Morgan fingerprint density at radius 3 is 2.84 bits per heavy atom. The summed E-state index contributed by atoms with van der Waals surface area (Å²) >= 11 is 0. The van der Waals surface area contributed by atoms with Crippen molar-refractivity contribution in [1.82, 2.24) is 9.38 Å². The summed E-state index contributed by atoms with van der Waals surface area (Å²) in [6.07, 6.45) is 2.58. The minimum absolute atomic E-state index is 0.0268. The van der Waals surface area contributed by atoms with Crippen molar-refractivity contribution in [1.29, 1.82) is 5.26 Å². The second kappa shape index (κ2) is 3.48. The number of benzene rings is 1. The fraction of sp³-hybridized carbons (Fsp3) is 0.200. The van der Waals surface area contributed by atoms with Gasteiger partial charge in [0.1, 0.15) is 11.7 Å². The van der Waals surface area contributed by atoms with Crippen LogP contribution in [0.2, 0.25) is 0 Å². The molecular formula is C15H11N3O. The number of aromatic nitrogens is 2. The lowest BCUT2D eigenvalue weighted by molar-refractivity contribution is 0.905. The number of hydrogen-bond donors (Lipinski definition) is 1. The van der Waals surface area contributed by atoms with Crippen molar-refractivity contribution in [2.45, 2.75) is 19.3 Å². The average Bonchev–Trinajstić information content (AvgIpc) is 3.03. The van der Waals surface area contributed by atoms with Crippen LogP contribution in [0.4, 0.5) is 0 Å². The number of nitrogens with zero attached hydrogens (tertiary/aromatic N) is 2. The third-order valence-corrected chi connectivity index (χ3v) is 3.95. The van der Waals surface area contributed by atoms with Crippen LogP contribution in [0.5, 0.6) is 0 Å². The largest absolute Gasteiger partial charge is 0.338 e. The second-order valence-corrected chi connectivity index (χ2v) is 4.93. The molecule has 1 aromatic carbocycles. The van der Waals surface area contributed by atoms with Gasteiger partial charge in [-0.3, -0.25) is 9.20 Å². The third kappa shape index (κ3) is 1.19. The van der Waals surface area contributed by atoms with E-state index in [1.54, 1.807) is 4.40 Å². The maximum atomic E-state index is 12.6. The highest BCUT2D eigenvalue weighted by molar-refractivity contribution is 5.83. The zero-order valence-electron chi connectivity index (χ0n) is 10.2. The maximum absolute atomic E-state index is 12.6. The van der Waals surface area contributed by atoms with Crippen molar-refractivity contribution >= 4 is 16.7 Å². The Morgan fingerprint density at radius 2 is 2.00 bits per heavy atom. The molecule has 0 aliphatic heterocycles. The summed E-state index contributed by atoms with van der Waals surface area (Å²) in [5.74, 6) is 0. The van der Waals surface area contributed by atoms with Gasteiger partial charge in [0.05, 0.1) is 16.6 Å². The summed E-state index contributed by atoms with van der Waals surface area (Å²) in [5, 5.41) is 9.43. The molecule has 4 heteroatoms. The molecule has 19 heavy (non-hydrogen) atoms. The van der Waals surface area contributed by atoms with Crippen molar-refractivity contribution in [2.75, 3.05) is 0 Å². The van der Waals surface area contributed by atoms with Gasteiger partial charge in [-0.05, 0) is 37.0 Å². The van der Waals surface area contributed by atoms with E-state index in [0.717, 1.165) is 41.4 Å². The van der Waals surface area contributed by atoms with Crippen LogP contribution in [-0.4, -0.2) is 9.38 Å². The number of fused-ring (bicyclic) bond motifs is 4. The molecule has 0 bridgehead atoms. The van der Waals surface area contributed by atoms with Crippen LogP contribution < -0.4 is 5.56 Å². The van der Waals surface area contributed by atoms with Crippen LogP contribution in [0.15, 0.2) is 29.1 Å². The molecule has 0 spiro atoms. The van der Waals surface area contributed by atoms with Crippen LogP contribution in [0, 0.1) is 11.3 Å². The van der Waals surface area contributed by atoms with Crippen LogP contribution in [0.1, 0.15) is 23.1 Å². The summed E-state index contributed by atoms with van der Waals surface area (Å²) < 4.78 is 1.65. The Morgan fingerprint density at radius 1 is 1.21 bits per heavy atom. The fourth-order valence-electron chi connectivity index (χ4n) is 3.12. The standard InChI is InChI=1S/C15H11N3O/c16-8-11-9-4-3-5-10(9)15(19)18-13-7-2-1-6-12(13)17-14(11)18/h1-2,6-7,17H,3-5H2. The lowest BCUT2D eigenvalue weighted by Gasteiger charge is -2.04. The Balaban J connectivity index is 2.35. The van der Waals surface area contributed by atoms with Gasteiger partial charge in [-0.25, -0.2) is 0 Å². The van der Waals surface area contributed by atoms with E-state index in [2.05, 4.69) is 11.1 Å². The molecule has 0 atom stereocenters. The molecule has 1 aliphatic carbocycles. The van der Waals surface area contributed by atoms with E-state index in [1.807, 2.05) is 24.3 Å². The van der Waals surface area contributed by atoms with Gasteiger partial charge in [0.15, 0.2) is 0 Å². The Bertz CT molecular complexity index is 924. The van der Waals surface area contributed by atoms with E-state index in [9.17, 15) is 10.1 Å². The molecule has 0 radical (unpaired) electrons. The molecule has 2 heterocycles. The molecule has 0 unspecified atom stereocenters. The molecule has 4 nitrogen and oxygen atoms in total. The van der Waals surface area contributed by atoms with Crippen LogP contribution in [0.25, 0.3) is 16.7 Å². The highest BCUT2D eigenvalue weighted by Crippen LogP contribution is 2.27. The summed E-state index contributed by atoms with van der Waals surface area (Å²) in [6, 6.07) is 9.92. The molecule has 1 N–H and O–H groups in total. The highest BCUT2D eigenvalue weighted by atomic mass is 16.1. The smallest absolute Gasteiger partial charge is 0.260 e. The number of nitrogens with one attached hydrogen (secondary N) is 1. The van der Waals surface area contributed by atoms with Gasteiger partial charge in [0.25, 0.3) is 5.56 Å². The molecule has 2 aromatic heterocycles. The third-order valence-electron chi connectivity index (χ3n) is 3.95. The Kier molecular flexibility index (Phi) is 1.91. The van der Waals surface area contributed by atoms with E-state index in [-0.39, 0.29) is 5.56 Å². The average molecular weight is 249 g/mol. The summed E-state index contributed by atoms with van der Waals surface area (Å²) in [6.45, 7) is 0. The van der Waals surface area contributed by atoms with Gasteiger partial charge in [-0.2, -0.15) is 5.26 Å². The fourth-order valence-corrected chi connectivity index (χ4v) is 3.12. The van der Waals surface area contributed by atoms with Gasteiger partial charge >= 0.3 is 0 Å². The quantitative estimate of drug-likeness (QED) is 0.663. The summed E-state index contributed by atoms with van der Waals surface area (Å²) in [5.41, 5.74) is 4.78. The van der Waals surface area contributed by atoms with Crippen LogP contribution in [-0.2, 0) is 12.8 Å². The Labute approximate surface area is 108 Å².